The lowest BCUT2D eigenvalue weighted by molar-refractivity contribution is 0.0366. The zero-order valence-corrected chi connectivity index (χ0v) is 19.2. The molecule has 35 heavy (non-hydrogen) atoms. The third-order valence-electron chi connectivity index (χ3n) is 7.19. The molecule has 11 heteroatoms. The fraction of sp³-hybridized carbons (Fsp3) is 0.458. The topological polar surface area (TPSA) is 134 Å². The van der Waals surface area contributed by atoms with Crippen molar-refractivity contribution in [2.24, 2.45) is 0 Å². The van der Waals surface area contributed by atoms with Crippen molar-refractivity contribution in [1.82, 2.24) is 24.8 Å². The molecule has 0 aromatic carbocycles. The molecule has 3 aromatic rings. The van der Waals surface area contributed by atoms with E-state index in [4.69, 9.17) is 4.74 Å². The predicted molar refractivity (Wildman–Crippen MR) is 128 cm³/mol. The number of rotatable bonds is 5. The van der Waals surface area contributed by atoms with Crippen molar-refractivity contribution in [3.8, 4) is 0 Å². The molecule has 182 valence electrons. The zero-order valence-electron chi connectivity index (χ0n) is 19.2. The first-order valence-electron chi connectivity index (χ1n) is 12.1. The number of carboxylic acids is 1. The second kappa shape index (κ2) is 8.49. The van der Waals surface area contributed by atoms with Gasteiger partial charge in [-0.05, 0) is 50.4 Å². The van der Waals surface area contributed by atoms with Gasteiger partial charge in [-0.3, -0.25) is 4.90 Å². The van der Waals surface area contributed by atoms with E-state index in [1.54, 1.807) is 29.4 Å². The predicted octanol–water partition coefficient (Wildman–Crippen LogP) is 3.46. The highest BCUT2D eigenvalue weighted by Gasteiger charge is 2.46. The van der Waals surface area contributed by atoms with Crippen molar-refractivity contribution < 1.29 is 19.4 Å². The lowest BCUT2D eigenvalue weighted by Gasteiger charge is -2.31. The molecule has 1 saturated carbocycles. The van der Waals surface area contributed by atoms with Gasteiger partial charge < -0.3 is 25.0 Å². The lowest BCUT2D eigenvalue weighted by atomic mass is 9.94. The summed E-state index contributed by atoms with van der Waals surface area (Å²) in [5.41, 5.74) is 1.04. The van der Waals surface area contributed by atoms with Crippen molar-refractivity contribution >= 4 is 40.5 Å². The van der Waals surface area contributed by atoms with E-state index < -0.39 is 11.6 Å². The van der Waals surface area contributed by atoms with Crippen LogP contribution in [-0.4, -0.2) is 61.9 Å². The van der Waals surface area contributed by atoms with Gasteiger partial charge in [-0.1, -0.05) is 12.8 Å². The molecule has 1 aliphatic carbocycles. The van der Waals surface area contributed by atoms with Gasteiger partial charge in [0.2, 0.25) is 5.95 Å². The molecule has 0 unspecified atom stereocenters. The van der Waals surface area contributed by atoms with Crippen LogP contribution in [0.4, 0.5) is 22.2 Å². The largest absolute Gasteiger partial charge is 0.477 e. The Labute approximate surface area is 201 Å². The van der Waals surface area contributed by atoms with Crippen LogP contribution in [0.15, 0.2) is 30.6 Å². The van der Waals surface area contributed by atoms with E-state index in [2.05, 4.69) is 25.6 Å². The minimum Gasteiger partial charge on any atom is -0.477 e. The number of fused-ring (bicyclic) bond motifs is 1. The van der Waals surface area contributed by atoms with Crippen LogP contribution in [-0.2, 0) is 4.74 Å². The van der Waals surface area contributed by atoms with Crippen LogP contribution in [0.5, 0.6) is 0 Å². The van der Waals surface area contributed by atoms with Crippen LogP contribution >= 0.6 is 0 Å². The Hall–Kier alpha value is -3.73. The second-order valence-electron chi connectivity index (χ2n) is 9.56. The van der Waals surface area contributed by atoms with Crippen LogP contribution in [0.3, 0.4) is 0 Å². The Morgan fingerprint density at radius 1 is 1.20 bits per heavy atom. The maximum atomic E-state index is 12.5. The highest BCUT2D eigenvalue weighted by molar-refractivity contribution is 5.93. The van der Waals surface area contributed by atoms with Crippen molar-refractivity contribution in [2.45, 2.75) is 50.2 Å². The summed E-state index contributed by atoms with van der Waals surface area (Å²) in [6.45, 7) is 2.10. The number of piperidine rings is 1. The smallest absolute Gasteiger partial charge is 0.415 e. The number of nitrogens with one attached hydrogen (secondary N) is 2. The fourth-order valence-electron chi connectivity index (χ4n) is 5.48. The number of nitrogens with zero attached hydrogens (tertiary/aromatic N) is 5. The van der Waals surface area contributed by atoms with Gasteiger partial charge in [0.05, 0.1) is 18.4 Å². The molecular weight excluding hydrogens is 450 g/mol. The Bertz CT molecular complexity index is 1280. The van der Waals surface area contributed by atoms with Crippen LogP contribution in [0.25, 0.3) is 11.0 Å². The molecule has 0 bridgehead atoms. The Balaban J connectivity index is 1.23. The number of hydrogen-bond donors (Lipinski definition) is 3. The molecule has 3 aliphatic rings. The zero-order chi connectivity index (χ0) is 24.0. The van der Waals surface area contributed by atoms with Gasteiger partial charge in [0.1, 0.15) is 22.8 Å². The number of pyridine rings is 1. The van der Waals surface area contributed by atoms with Gasteiger partial charge >= 0.3 is 12.1 Å². The van der Waals surface area contributed by atoms with Gasteiger partial charge in [0.25, 0.3) is 0 Å². The van der Waals surface area contributed by atoms with Crippen molar-refractivity contribution in [3.05, 3.63) is 36.3 Å². The average molecular weight is 478 g/mol. The number of aromatic nitrogens is 4. The molecular formula is C24H27N7O4. The summed E-state index contributed by atoms with van der Waals surface area (Å²) in [6, 6.07) is 5.34. The minimum atomic E-state index is -0.965. The first-order chi connectivity index (χ1) is 17.0. The highest BCUT2D eigenvalue weighted by atomic mass is 16.6. The summed E-state index contributed by atoms with van der Waals surface area (Å²) in [5, 5.41) is 16.8. The molecule has 2 aliphatic heterocycles. The van der Waals surface area contributed by atoms with E-state index in [0.717, 1.165) is 45.1 Å². The Morgan fingerprint density at radius 3 is 2.77 bits per heavy atom. The third kappa shape index (κ3) is 3.95. The van der Waals surface area contributed by atoms with Gasteiger partial charge in [0.15, 0.2) is 0 Å². The molecule has 3 N–H and O–H groups in total. The van der Waals surface area contributed by atoms with Gasteiger partial charge in [-0.2, -0.15) is 4.98 Å². The first-order valence-corrected chi connectivity index (χ1v) is 12.1. The Morgan fingerprint density at radius 2 is 2.06 bits per heavy atom. The van der Waals surface area contributed by atoms with Crippen LogP contribution in [0.2, 0.25) is 0 Å². The number of amides is 1. The van der Waals surface area contributed by atoms with E-state index in [-0.39, 0.29) is 17.8 Å². The lowest BCUT2D eigenvalue weighted by Crippen LogP contribution is -2.48. The number of anilines is 3. The number of carbonyl (C=O) groups excluding carboxylic acids is 1. The molecule has 1 spiro atoms. The maximum absolute atomic E-state index is 12.5. The summed E-state index contributed by atoms with van der Waals surface area (Å²) in [4.78, 5) is 39.4. The van der Waals surface area contributed by atoms with Crippen LogP contribution in [0, 0.1) is 0 Å². The normalized spacial score (nSPS) is 22.7. The summed E-state index contributed by atoms with van der Waals surface area (Å²) >= 11 is 0. The monoisotopic (exact) mass is 477 g/mol. The molecule has 0 radical (unpaired) electrons. The van der Waals surface area contributed by atoms with Crippen LogP contribution < -0.4 is 15.5 Å². The van der Waals surface area contributed by atoms with E-state index >= 15 is 0 Å². The van der Waals surface area contributed by atoms with Crippen molar-refractivity contribution in [1.29, 1.82) is 0 Å². The van der Waals surface area contributed by atoms with Gasteiger partial charge in [0, 0.05) is 24.2 Å². The highest BCUT2D eigenvalue weighted by Crippen LogP contribution is 2.35. The minimum absolute atomic E-state index is 0.127. The molecule has 11 nitrogen and oxygen atoms in total. The average Bonchev–Trinajstić information content (AvgIpc) is 3.58. The van der Waals surface area contributed by atoms with E-state index in [1.165, 1.54) is 0 Å². The first kappa shape index (κ1) is 21.8. The van der Waals surface area contributed by atoms with E-state index in [0.29, 0.717) is 41.6 Å². The standard InChI is InChI=1S/C24H27N7O4/c32-21(33)18-10-15-11-27-22(29-20(15)31(18)16-4-1-2-5-16)28-19-7-6-17(12-26-19)30-14-24(35-23(30)34)8-3-9-25-13-24/h6-7,10-12,16,25H,1-5,8-9,13-14H2,(H,32,33)(H,26,27,28,29)/t24-/m0/s1. The number of ether oxygens (including phenoxy) is 1. The molecule has 3 aromatic heterocycles. The summed E-state index contributed by atoms with van der Waals surface area (Å²) in [7, 11) is 0. The molecule has 6 rings (SSSR count). The number of aromatic carboxylic acids is 1. The molecule has 2 saturated heterocycles. The number of carboxylic acid groups (broad SMARTS) is 1. The molecule has 3 fully saturated rings. The number of hydrogen-bond acceptors (Lipinski definition) is 8. The van der Waals surface area contributed by atoms with Crippen LogP contribution in [0.1, 0.15) is 55.1 Å². The third-order valence-corrected chi connectivity index (χ3v) is 7.19. The van der Waals surface area contributed by atoms with Gasteiger partial charge in [-0.25, -0.2) is 19.6 Å². The summed E-state index contributed by atoms with van der Waals surface area (Å²) in [5.74, 6) is -0.111. The van der Waals surface area contributed by atoms with Crippen molar-refractivity contribution in [2.75, 3.05) is 29.9 Å². The van der Waals surface area contributed by atoms with Gasteiger partial charge in [-0.15, -0.1) is 0 Å². The Kier molecular flexibility index (Phi) is 5.28. The van der Waals surface area contributed by atoms with E-state index in [1.807, 2.05) is 10.6 Å². The molecule has 1 atom stereocenters. The SMILES string of the molecule is O=C(O)c1cc2cnc(Nc3ccc(N4C[C@@]5(CCCNC5)OC4=O)cn3)nc2n1C1CCCC1. The van der Waals surface area contributed by atoms with Crippen molar-refractivity contribution in [3.63, 3.8) is 0 Å². The fourth-order valence-corrected chi connectivity index (χ4v) is 5.48. The van der Waals surface area contributed by atoms with E-state index in [9.17, 15) is 14.7 Å². The summed E-state index contributed by atoms with van der Waals surface area (Å²) in [6.07, 6.45) is 8.77. The number of carbonyl (C=O) groups is 2. The maximum Gasteiger partial charge on any atom is 0.415 e. The quantitative estimate of drug-likeness (QED) is 0.505. The molecule has 1 amide bonds. The molecule has 5 heterocycles. The summed E-state index contributed by atoms with van der Waals surface area (Å²) < 4.78 is 7.55. The second-order valence-corrected chi connectivity index (χ2v) is 9.56.